The first-order chi connectivity index (χ1) is 8.61. The molecule has 0 fully saturated rings. The molecule has 7 heteroatoms. The van der Waals surface area contributed by atoms with Gasteiger partial charge in [-0.3, -0.25) is 9.59 Å². The van der Waals surface area contributed by atoms with Crippen LogP contribution in [0.15, 0.2) is 0 Å². The first kappa shape index (κ1) is 16.8. The Balaban J connectivity index is 3.53. The Labute approximate surface area is 107 Å². The van der Waals surface area contributed by atoms with Crippen LogP contribution in [0.25, 0.3) is 0 Å². The molecule has 0 aromatic rings. The maximum Gasteiger partial charge on any atom is 0.305 e. The molecular weight excluding hydrogens is 240 g/mol. The third-order valence-corrected chi connectivity index (χ3v) is 2.20. The fraction of sp³-hybridized carbons (Fsp3) is 0.818. The summed E-state index contributed by atoms with van der Waals surface area (Å²) in [4.78, 5) is 22.3. The van der Waals surface area contributed by atoms with Gasteiger partial charge in [0.25, 0.3) is 0 Å². The molecule has 0 unspecified atom stereocenters. The summed E-state index contributed by atoms with van der Waals surface area (Å²) in [6.45, 7) is 1.79. The topological polar surface area (TPSA) is 99.9 Å². The molecule has 0 heterocycles. The van der Waals surface area contributed by atoms with Gasteiger partial charge in [-0.05, 0) is 6.42 Å². The molecule has 0 radical (unpaired) electrons. The van der Waals surface area contributed by atoms with Gasteiger partial charge in [0.2, 0.25) is 5.91 Å². The number of carbonyl (C=O) groups is 2. The molecule has 0 aliphatic rings. The number of amides is 1. The van der Waals surface area contributed by atoms with Gasteiger partial charge in [0, 0.05) is 20.1 Å². The highest BCUT2D eigenvalue weighted by atomic mass is 16.5. The Kier molecular flexibility index (Phi) is 10.2. The molecular formula is C11H22N2O5. The summed E-state index contributed by atoms with van der Waals surface area (Å²) in [6, 6.07) is -0.705. The summed E-state index contributed by atoms with van der Waals surface area (Å²) >= 11 is 0. The van der Waals surface area contributed by atoms with Crippen molar-refractivity contribution >= 4 is 11.9 Å². The van der Waals surface area contributed by atoms with Gasteiger partial charge in [-0.2, -0.15) is 0 Å². The molecule has 1 amide bonds. The van der Waals surface area contributed by atoms with Gasteiger partial charge in [0.1, 0.15) is 0 Å². The third-order valence-electron chi connectivity index (χ3n) is 2.20. The van der Waals surface area contributed by atoms with Crippen LogP contribution in [-0.4, -0.2) is 58.5 Å². The summed E-state index contributed by atoms with van der Waals surface area (Å²) in [7, 11) is 2.89. The number of esters is 1. The fourth-order valence-electron chi connectivity index (χ4n) is 1.13. The second-order valence-corrected chi connectivity index (χ2v) is 3.62. The van der Waals surface area contributed by atoms with Gasteiger partial charge >= 0.3 is 5.97 Å². The Morgan fingerprint density at radius 1 is 1.22 bits per heavy atom. The Morgan fingerprint density at radius 2 is 1.94 bits per heavy atom. The van der Waals surface area contributed by atoms with Crippen LogP contribution < -0.4 is 11.1 Å². The largest absolute Gasteiger partial charge is 0.469 e. The van der Waals surface area contributed by atoms with E-state index in [2.05, 4.69) is 10.1 Å². The van der Waals surface area contributed by atoms with Gasteiger partial charge in [0.05, 0.1) is 33.0 Å². The van der Waals surface area contributed by atoms with Crippen LogP contribution in [-0.2, 0) is 23.8 Å². The molecule has 106 valence electrons. The molecule has 0 saturated heterocycles. The van der Waals surface area contributed by atoms with Crippen molar-refractivity contribution in [2.45, 2.75) is 18.9 Å². The molecule has 1 atom stereocenters. The fourth-order valence-corrected chi connectivity index (χ4v) is 1.13. The van der Waals surface area contributed by atoms with Gasteiger partial charge in [-0.15, -0.1) is 0 Å². The molecule has 0 aliphatic heterocycles. The van der Waals surface area contributed by atoms with E-state index in [4.69, 9.17) is 15.2 Å². The first-order valence-corrected chi connectivity index (χ1v) is 5.78. The Bertz CT molecular complexity index is 248. The zero-order chi connectivity index (χ0) is 13.8. The first-order valence-electron chi connectivity index (χ1n) is 5.78. The van der Waals surface area contributed by atoms with Crippen LogP contribution in [0.5, 0.6) is 0 Å². The number of rotatable bonds is 10. The van der Waals surface area contributed by atoms with Crippen LogP contribution in [0.4, 0.5) is 0 Å². The molecule has 0 bridgehead atoms. The molecule has 0 saturated carbocycles. The van der Waals surface area contributed by atoms with Crippen molar-refractivity contribution in [3.63, 3.8) is 0 Å². The lowest BCUT2D eigenvalue weighted by Crippen LogP contribution is -2.42. The van der Waals surface area contributed by atoms with Gasteiger partial charge in [-0.25, -0.2) is 0 Å². The average molecular weight is 262 g/mol. The van der Waals surface area contributed by atoms with E-state index in [0.717, 1.165) is 0 Å². The average Bonchev–Trinajstić information content (AvgIpc) is 2.39. The van der Waals surface area contributed by atoms with Crippen molar-refractivity contribution in [3.8, 4) is 0 Å². The van der Waals surface area contributed by atoms with Crippen molar-refractivity contribution in [1.29, 1.82) is 0 Å². The smallest absolute Gasteiger partial charge is 0.305 e. The predicted molar refractivity (Wildman–Crippen MR) is 64.9 cm³/mol. The summed E-state index contributed by atoms with van der Waals surface area (Å²) in [5, 5.41) is 2.62. The predicted octanol–water partition coefficient (Wildman–Crippen LogP) is -0.954. The quantitative estimate of drug-likeness (QED) is 0.389. The molecule has 3 N–H and O–H groups in total. The maximum absolute atomic E-state index is 11.5. The Hall–Kier alpha value is -1.18. The number of ether oxygens (including phenoxy) is 3. The van der Waals surface area contributed by atoms with Gasteiger partial charge in [-0.1, -0.05) is 0 Å². The summed E-state index contributed by atoms with van der Waals surface area (Å²) in [5.74, 6) is -0.671. The highest BCUT2D eigenvalue weighted by Gasteiger charge is 2.14. The van der Waals surface area contributed by atoms with E-state index in [1.54, 1.807) is 7.11 Å². The number of hydrogen-bond acceptors (Lipinski definition) is 6. The minimum Gasteiger partial charge on any atom is -0.469 e. The number of methoxy groups -OCH3 is 2. The number of nitrogens with two attached hydrogens (primary N) is 1. The van der Waals surface area contributed by atoms with E-state index in [0.29, 0.717) is 26.4 Å². The van der Waals surface area contributed by atoms with Crippen LogP contribution in [0.3, 0.4) is 0 Å². The lowest BCUT2D eigenvalue weighted by atomic mass is 10.1. The van der Waals surface area contributed by atoms with Crippen LogP contribution in [0.2, 0.25) is 0 Å². The van der Waals surface area contributed by atoms with Crippen LogP contribution in [0, 0.1) is 0 Å². The third kappa shape index (κ3) is 8.91. The molecule has 18 heavy (non-hydrogen) atoms. The van der Waals surface area contributed by atoms with Crippen molar-refractivity contribution in [2.75, 3.05) is 40.6 Å². The van der Waals surface area contributed by atoms with E-state index in [1.165, 1.54) is 7.11 Å². The second kappa shape index (κ2) is 10.9. The highest BCUT2D eigenvalue weighted by Crippen LogP contribution is 1.96. The molecule has 0 aromatic carbocycles. The maximum atomic E-state index is 11.5. The Morgan fingerprint density at radius 3 is 2.56 bits per heavy atom. The lowest BCUT2D eigenvalue weighted by molar-refractivity contribution is -0.140. The van der Waals surface area contributed by atoms with Crippen molar-refractivity contribution in [1.82, 2.24) is 5.32 Å². The van der Waals surface area contributed by atoms with Gasteiger partial charge in [0.15, 0.2) is 0 Å². The van der Waals surface area contributed by atoms with E-state index in [9.17, 15) is 9.59 Å². The highest BCUT2D eigenvalue weighted by molar-refractivity contribution is 5.82. The summed E-state index contributed by atoms with van der Waals surface area (Å²) in [6.07, 6.45) is 0.401. The van der Waals surface area contributed by atoms with E-state index >= 15 is 0 Å². The van der Waals surface area contributed by atoms with Crippen LogP contribution in [0.1, 0.15) is 12.8 Å². The molecule has 0 rings (SSSR count). The summed E-state index contributed by atoms with van der Waals surface area (Å²) < 4.78 is 14.4. The standard InChI is InChI=1S/C11H22N2O5/c1-16-7-8-18-6-5-13-11(15)9(12)3-4-10(14)17-2/h9H,3-8,12H2,1-2H3,(H,13,15)/t9-/m0/s1. The number of carbonyl (C=O) groups excluding carboxylic acids is 2. The van der Waals surface area contributed by atoms with Crippen LogP contribution >= 0.6 is 0 Å². The van der Waals surface area contributed by atoms with Gasteiger partial charge < -0.3 is 25.3 Å². The van der Waals surface area contributed by atoms with Crippen molar-refractivity contribution in [3.05, 3.63) is 0 Å². The zero-order valence-corrected chi connectivity index (χ0v) is 10.9. The number of nitrogens with one attached hydrogen (secondary N) is 1. The lowest BCUT2D eigenvalue weighted by Gasteiger charge is -2.11. The zero-order valence-electron chi connectivity index (χ0n) is 10.9. The van der Waals surface area contributed by atoms with Crippen molar-refractivity contribution < 1.29 is 23.8 Å². The second-order valence-electron chi connectivity index (χ2n) is 3.62. The monoisotopic (exact) mass is 262 g/mol. The molecule has 0 spiro atoms. The normalized spacial score (nSPS) is 11.9. The molecule has 7 nitrogen and oxygen atoms in total. The van der Waals surface area contributed by atoms with E-state index in [-0.39, 0.29) is 24.7 Å². The number of hydrogen-bond donors (Lipinski definition) is 2. The molecule has 0 aliphatic carbocycles. The minimum absolute atomic E-state index is 0.134. The molecule has 0 aromatic heterocycles. The SMILES string of the molecule is COCCOCCNC(=O)[C@@H](N)CCC(=O)OC. The minimum atomic E-state index is -0.705. The van der Waals surface area contributed by atoms with E-state index in [1.807, 2.05) is 0 Å². The van der Waals surface area contributed by atoms with E-state index < -0.39 is 6.04 Å². The summed E-state index contributed by atoms with van der Waals surface area (Å²) in [5.41, 5.74) is 5.60. The van der Waals surface area contributed by atoms with Crippen molar-refractivity contribution in [2.24, 2.45) is 5.73 Å².